The fourth-order valence-electron chi connectivity index (χ4n) is 2.04. The largest absolute Gasteiger partial charge is 0.389 e. The maximum atomic E-state index is 13.7. The molecule has 0 amide bonds. The molecule has 1 aromatic carbocycles. The second kappa shape index (κ2) is 7.15. The van der Waals surface area contributed by atoms with E-state index in [9.17, 15) is 9.50 Å². The minimum Gasteiger partial charge on any atom is -0.389 e. The third-order valence-corrected chi connectivity index (χ3v) is 4.18. The highest BCUT2D eigenvalue weighted by molar-refractivity contribution is 7.98. The van der Waals surface area contributed by atoms with Crippen molar-refractivity contribution >= 4 is 17.4 Å². The summed E-state index contributed by atoms with van der Waals surface area (Å²) < 4.78 is 13.7. The molecule has 0 radical (unpaired) electrons. The molecule has 0 spiro atoms. The van der Waals surface area contributed by atoms with Gasteiger partial charge in [0.25, 0.3) is 0 Å². The Morgan fingerprint density at radius 2 is 2.00 bits per heavy atom. The van der Waals surface area contributed by atoms with Crippen LogP contribution in [0.25, 0.3) is 0 Å². The van der Waals surface area contributed by atoms with Crippen molar-refractivity contribution in [1.82, 2.24) is 0 Å². The Hall–Kier alpha value is -0.740. The van der Waals surface area contributed by atoms with Crippen molar-refractivity contribution < 1.29 is 9.50 Å². The van der Waals surface area contributed by atoms with E-state index in [2.05, 4.69) is 18.1 Å². The molecule has 0 aromatic heterocycles. The molecule has 4 heteroatoms. The normalized spacial score (nSPS) is 14.3. The van der Waals surface area contributed by atoms with Crippen molar-refractivity contribution in [1.29, 1.82) is 0 Å². The molecule has 2 nitrogen and oxygen atoms in total. The predicted octanol–water partition coefficient (Wildman–Crippen LogP) is 3.77. The number of halogens is 1. The van der Waals surface area contributed by atoms with Crippen molar-refractivity contribution in [3.05, 3.63) is 29.1 Å². The number of aryl methyl sites for hydroxylation is 1. The molecule has 0 saturated carbocycles. The Labute approximate surface area is 120 Å². The molecule has 1 N–H and O–H groups in total. The number of thioether (sulfide) groups is 1. The minimum atomic E-state index is -0.666. The number of hydrogen-bond acceptors (Lipinski definition) is 3. The first kappa shape index (κ1) is 16.3. The SMILES string of the molecule is CSCCC(C)N(C)c1cc(C)c(F)cc1[C@H](C)O. The lowest BCUT2D eigenvalue weighted by molar-refractivity contribution is 0.199. The highest BCUT2D eigenvalue weighted by Crippen LogP contribution is 2.30. The molecule has 1 rings (SSSR count). The molecular formula is C15H24FNOS. The van der Waals surface area contributed by atoms with Gasteiger partial charge in [-0.05, 0) is 56.9 Å². The van der Waals surface area contributed by atoms with Crippen LogP contribution < -0.4 is 4.90 Å². The highest BCUT2D eigenvalue weighted by Gasteiger charge is 2.18. The first-order valence-electron chi connectivity index (χ1n) is 6.58. The van der Waals surface area contributed by atoms with E-state index in [0.29, 0.717) is 17.2 Å². The van der Waals surface area contributed by atoms with Gasteiger partial charge in [0.15, 0.2) is 0 Å². The third-order valence-electron chi connectivity index (χ3n) is 3.54. The molecule has 0 fully saturated rings. The van der Waals surface area contributed by atoms with Crippen LogP contribution in [0, 0.1) is 12.7 Å². The molecule has 0 aliphatic rings. The molecule has 0 saturated heterocycles. The summed E-state index contributed by atoms with van der Waals surface area (Å²) in [6, 6.07) is 3.63. The van der Waals surface area contributed by atoms with E-state index in [4.69, 9.17) is 0 Å². The number of aliphatic hydroxyl groups is 1. The lowest BCUT2D eigenvalue weighted by Crippen LogP contribution is -2.30. The number of hydrogen-bond donors (Lipinski definition) is 1. The Morgan fingerprint density at radius 3 is 2.53 bits per heavy atom. The molecule has 0 bridgehead atoms. The maximum absolute atomic E-state index is 13.7. The summed E-state index contributed by atoms with van der Waals surface area (Å²) in [5.74, 6) is 0.834. The molecule has 19 heavy (non-hydrogen) atoms. The van der Waals surface area contributed by atoms with Crippen LogP contribution in [0.5, 0.6) is 0 Å². The van der Waals surface area contributed by atoms with Crippen LogP contribution >= 0.6 is 11.8 Å². The van der Waals surface area contributed by atoms with Crippen molar-refractivity contribution in [3.8, 4) is 0 Å². The summed E-state index contributed by atoms with van der Waals surface area (Å²) in [4.78, 5) is 2.13. The molecule has 0 aliphatic carbocycles. The Bertz CT molecular complexity index is 423. The van der Waals surface area contributed by atoms with E-state index in [0.717, 1.165) is 17.9 Å². The quantitative estimate of drug-likeness (QED) is 0.860. The van der Waals surface area contributed by atoms with Crippen LogP contribution in [0.3, 0.4) is 0 Å². The zero-order chi connectivity index (χ0) is 14.6. The topological polar surface area (TPSA) is 23.5 Å². The highest BCUT2D eigenvalue weighted by atomic mass is 32.2. The van der Waals surface area contributed by atoms with Gasteiger partial charge in [-0.3, -0.25) is 0 Å². The van der Waals surface area contributed by atoms with Gasteiger partial charge in [0.05, 0.1) is 6.10 Å². The predicted molar refractivity (Wildman–Crippen MR) is 82.6 cm³/mol. The van der Waals surface area contributed by atoms with Gasteiger partial charge in [0.2, 0.25) is 0 Å². The van der Waals surface area contributed by atoms with E-state index in [1.807, 2.05) is 24.9 Å². The molecule has 1 aromatic rings. The summed E-state index contributed by atoms with van der Waals surface area (Å²) in [6.07, 6.45) is 2.49. The maximum Gasteiger partial charge on any atom is 0.126 e. The van der Waals surface area contributed by atoms with Gasteiger partial charge in [-0.2, -0.15) is 11.8 Å². The third kappa shape index (κ3) is 4.11. The second-order valence-corrected chi connectivity index (χ2v) is 6.06. The van der Waals surface area contributed by atoms with Gasteiger partial charge >= 0.3 is 0 Å². The van der Waals surface area contributed by atoms with Crippen molar-refractivity contribution in [2.45, 2.75) is 39.3 Å². The van der Waals surface area contributed by atoms with Gasteiger partial charge in [0.1, 0.15) is 5.82 Å². The van der Waals surface area contributed by atoms with Crippen molar-refractivity contribution in [2.75, 3.05) is 24.0 Å². The fourth-order valence-corrected chi connectivity index (χ4v) is 2.62. The summed E-state index contributed by atoms with van der Waals surface area (Å²) >= 11 is 1.82. The summed E-state index contributed by atoms with van der Waals surface area (Å²) in [5.41, 5.74) is 2.19. The van der Waals surface area contributed by atoms with Gasteiger partial charge in [0, 0.05) is 24.3 Å². The van der Waals surface area contributed by atoms with Crippen LogP contribution in [0.15, 0.2) is 12.1 Å². The van der Waals surface area contributed by atoms with Crippen LogP contribution in [0.4, 0.5) is 10.1 Å². The van der Waals surface area contributed by atoms with Crippen LogP contribution in [0.1, 0.15) is 37.5 Å². The lowest BCUT2D eigenvalue weighted by Gasteiger charge is -2.30. The monoisotopic (exact) mass is 285 g/mol. The summed E-state index contributed by atoms with van der Waals surface area (Å²) in [5, 5.41) is 9.83. The van der Waals surface area contributed by atoms with E-state index in [-0.39, 0.29) is 5.82 Å². The first-order chi connectivity index (χ1) is 8.88. The Morgan fingerprint density at radius 1 is 1.37 bits per heavy atom. The van der Waals surface area contributed by atoms with Crippen molar-refractivity contribution in [2.24, 2.45) is 0 Å². The van der Waals surface area contributed by atoms with E-state index >= 15 is 0 Å². The van der Waals surface area contributed by atoms with Crippen molar-refractivity contribution in [3.63, 3.8) is 0 Å². The Kier molecular flexibility index (Phi) is 6.14. The molecule has 1 unspecified atom stereocenters. The average Bonchev–Trinajstić information content (AvgIpc) is 2.37. The smallest absolute Gasteiger partial charge is 0.126 e. The van der Waals surface area contributed by atoms with E-state index in [1.165, 1.54) is 6.07 Å². The summed E-state index contributed by atoms with van der Waals surface area (Å²) in [6.45, 7) is 5.58. The van der Waals surface area contributed by atoms with Gasteiger partial charge in [-0.25, -0.2) is 4.39 Å². The number of benzene rings is 1. The van der Waals surface area contributed by atoms with Crippen LogP contribution in [0.2, 0.25) is 0 Å². The molecule has 108 valence electrons. The van der Waals surface area contributed by atoms with E-state index < -0.39 is 6.10 Å². The number of nitrogens with zero attached hydrogens (tertiary/aromatic N) is 1. The molecule has 2 atom stereocenters. The first-order valence-corrected chi connectivity index (χ1v) is 7.97. The average molecular weight is 285 g/mol. The number of rotatable bonds is 6. The van der Waals surface area contributed by atoms with Crippen LogP contribution in [-0.4, -0.2) is 30.2 Å². The summed E-state index contributed by atoms with van der Waals surface area (Å²) in [7, 11) is 2.00. The number of anilines is 1. The minimum absolute atomic E-state index is 0.259. The van der Waals surface area contributed by atoms with Crippen LogP contribution in [-0.2, 0) is 0 Å². The second-order valence-electron chi connectivity index (χ2n) is 5.08. The van der Waals surface area contributed by atoms with Gasteiger partial charge < -0.3 is 10.0 Å². The van der Waals surface area contributed by atoms with E-state index in [1.54, 1.807) is 13.8 Å². The zero-order valence-electron chi connectivity index (χ0n) is 12.4. The number of aliphatic hydroxyl groups excluding tert-OH is 1. The zero-order valence-corrected chi connectivity index (χ0v) is 13.2. The lowest BCUT2D eigenvalue weighted by atomic mass is 10.0. The standard InChI is InChI=1S/C15H24FNOS/c1-10-8-15(13(12(3)18)9-14(10)16)17(4)11(2)6-7-19-5/h8-9,11-12,18H,6-7H2,1-5H3/t11?,12-/m0/s1. The molecular weight excluding hydrogens is 261 g/mol. The molecule has 0 heterocycles. The van der Waals surface area contributed by atoms with Gasteiger partial charge in [-0.1, -0.05) is 0 Å². The fraction of sp³-hybridized carbons (Fsp3) is 0.600. The Balaban J connectivity index is 3.06. The molecule has 0 aliphatic heterocycles. The van der Waals surface area contributed by atoms with Gasteiger partial charge in [-0.15, -0.1) is 0 Å².